The molecule has 0 aliphatic carbocycles. The molecular weight excluding hydrogens is 154 g/mol. The summed E-state index contributed by atoms with van der Waals surface area (Å²) in [6.07, 6.45) is 1.89. The van der Waals surface area contributed by atoms with Crippen molar-refractivity contribution in [1.29, 1.82) is 0 Å². The van der Waals surface area contributed by atoms with Gasteiger partial charge in [0.25, 0.3) is 0 Å². The van der Waals surface area contributed by atoms with Crippen LogP contribution >= 0.6 is 0 Å². The molecule has 2 unspecified atom stereocenters. The Hall–Kier alpha value is -0.120. The Bertz CT molecular complexity index is 115. The number of ether oxygens (including phenoxy) is 1. The molecule has 0 aromatic heterocycles. The van der Waals surface area contributed by atoms with Gasteiger partial charge in [-0.15, -0.1) is 0 Å². The molecule has 2 atom stereocenters. The van der Waals surface area contributed by atoms with Crippen molar-refractivity contribution in [2.75, 3.05) is 13.2 Å². The second-order valence-electron chi connectivity index (χ2n) is 3.54. The minimum Gasteiger partial charge on any atom is -0.389 e. The zero-order valence-corrected chi connectivity index (χ0v) is 8.34. The van der Waals surface area contributed by atoms with Gasteiger partial charge >= 0.3 is 0 Å². The van der Waals surface area contributed by atoms with Gasteiger partial charge in [0.1, 0.15) is 0 Å². The highest BCUT2D eigenvalue weighted by atomic mass is 16.5. The first-order valence-electron chi connectivity index (χ1n) is 4.56. The highest BCUT2D eigenvalue weighted by Crippen LogP contribution is 2.08. The van der Waals surface area contributed by atoms with E-state index < -0.39 is 5.60 Å². The summed E-state index contributed by atoms with van der Waals surface area (Å²) < 4.78 is 5.41. The number of rotatable bonds is 6. The van der Waals surface area contributed by atoms with E-state index in [0.717, 1.165) is 6.42 Å². The molecule has 0 aromatic carbocycles. The zero-order chi connectivity index (χ0) is 9.61. The van der Waals surface area contributed by atoms with Crippen LogP contribution in [0.5, 0.6) is 0 Å². The molecule has 0 bridgehead atoms. The van der Waals surface area contributed by atoms with Crippen LogP contribution in [0.15, 0.2) is 0 Å². The van der Waals surface area contributed by atoms with Crippen LogP contribution in [0.1, 0.15) is 33.6 Å². The molecule has 0 amide bonds. The van der Waals surface area contributed by atoms with Gasteiger partial charge in [0.15, 0.2) is 0 Å². The topological polar surface area (TPSA) is 55.5 Å². The third-order valence-electron chi connectivity index (χ3n) is 2.06. The van der Waals surface area contributed by atoms with Gasteiger partial charge in [-0.3, -0.25) is 0 Å². The maximum Gasteiger partial charge on any atom is 0.0763 e. The van der Waals surface area contributed by atoms with Crippen molar-refractivity contribution in [1.82, 2.24) is 0 Å². The Morgan fingerprint density at radius 1 is 1.58 bits per heavy atom. The predicted octanol–water partition coefficient (Wildman–Crippen LogP) is 0.901. The second kappa shape index (κ2) is 5.51. The van der Waals surface area contributed by atoms with Crippen molar-refractivity contribution in [2.45, 2.75) is 45.3 Å². The smallest absolute Gasteiger partial charge is 0.0763 e. The Morgan fingerprint density at radius 2 is 2.17 bits per heavy atom. The van der Waals surface area contributed by atoms with E-state index in [4.69, 9.17) is 10.5 Å². The first-order chi connectivity index (χ1) is 5.52. The van der Waals surface area contributed by atoms with Crippen LogP contribution in [0.25, 0.3) is 0 Å². The largest absolute Gasteiger partial charge is 0.389 e. The lowest BCUT2D eigenvalue weighted by Gasteiger charge is -2.21. The van der Waals surface area contributed by atoms with Gasteiger partial charge in [0, 0.05) is 19.6 Å². The van der Waals surface area contributed by atoms with E-state index in [-0.39, 0.29) is 12.6 Å². The van der Waals surface area contributed by atoms with Crippen LogP contribution in [0, 0.1) is 0 Å². The van der Waals surface area contributed by atoms with Gasteiger partial charge < -0.3 is 15.6 Å². The summed E-state index contributed by atoms with van der Waals surface area (Å²) in [5.74, 6) is 0. The molecule has 12 heavy (non-hydrogen) atoms. The second-order valence-corrected chi connectivity index (χ2v) is 3.54. The molecule has 0 heterocycles. The summed E-state index contributed by atoms with van der Waals surface area (Å²) in [5, 5.41) is 9.50. The lowest BCUT2D eigenvalue weighted by atomic mass is 10.0. The van der Waals surface area contributed by atoms with E-state index in [0.29, 0.717) is 13.0 Å². The maximum atomic E-state index is 9.50. The number of hydrogen-bond acceptors (Lipinski definition) is 3. The van der Waals surface area contributed by atoms with E-state index >= 15 is 0 Å². The van der Waals surface area contributed by atoms with Crippen molar-refractivity contribution in [3.63, 3.8) is 0 Å². The van der Waals surface area contributed by atoms with Gasteiger partial charge in [-0.05, 0) is 20.3 Å². The monoisotopic (exact) mass is 175 g/mol. The molecule has 0 aliphatic heterocycles. The van der Waals surface area contributed by atoms with Gasteiger partial charge in [-0.1, -0.05) is 6.92 Å². The molecule has 0 aromatic rings. The van der Waals surface area contributed by atoms with E-state index in [9.17, 15) is 5.11 Å². The minimum atomic E-state index is -0.770. The lowest BCUT2D eigenvalue weighted by molar-refractivity contribution is -0.00167. The normalized spacial score (nSPS) is 18.8. The van der Waals surface area contributed by atoms with Gasteiger partial charge in [-0.25, -0.2) is 0 Å². The molecule has 3 N–H and O–H groups in total. The Labute approximate surface area is 74.9 Å². The molecule has 0 saturated heterocycles. The third kappa shape index (κ3) is 5.52. The fourth-order valence-corrected chi connectivity index (χ4v) is 0.700. The molecule has 0 saturated carbocycles. The van der Waals surface area contributed by atoms with Crippen molar-refractivity contribution in [3.05, 3.63) is 0 Å². The highest BCUT2D eigenvalue weighted by Gasteiger charge is 2.17. The summed E-state index contributed by atoms with van der Waals surface area (Å²) in [5.41, 5.74) is 4.58. The molecule has 0 radical (unpaired) electrons. The summed E-state index contributed by atoms with van der Waals surface area (Å²) in [4.78, 5) is 0. The van der Waals surface area contributed by atoms with Crippen molar-refractivity contribution in [3.8, 4) is 0 Å². The lowest BCUT2D eigenvalue weighted by Crippen LogP contribution is -2.35. The van der Waals surface area contributed by atoms with Crippen LogP contribution in [0.3, 0.4) is 0 Å². The average Bonchev–Trinajstić information content (AvgIpc) is 2.04. The molecule has 74 valence electrons. The Morgan fingerprint density at radius 3 is 2.58 bits per heavy atom. The van der Waals surface area contributed by atoms with E-state index in [1.807, 2.05) is 6.92 Å². The SMILES string of the molecule is CCC(C)OCCC(C)(O)CN. The van der Waals surface area contributed by atoms with Crippen LogP contribution in [0.2, 0.25) is 0 Å². The number of aliphatic hydroxyl groups is 1. The fraction of sp³-hybridized carbons (Fsp3) is 1.00. The van der Waals surface area contributed by atoms with Crippen LogP contribution in [-0.4, -0.2) is 30.0 Å². The maximum absolute atomic E-state index is 9.50. The average molecular weight is 175 g/mol. The van der Waals surface area contributed by atoms with Crippen LogP contribution in [-0.2, 0) is 4.74 Å². The van der Waals surface area contributed by atoms with Gasteiger partial charge in [0.2, 0.25) is 0 Å². The zero-order valence-electron chi connectivity index (χ0n) is 8.34. The number of hydrogen-bond donors (Lipinski definition) is 2. The standard InChI is InChI=1S/C9H21NO2/c1-4-8(2)12-6-5-9(3,11)7-10/h8,11H,4-7,10H2,1-3H3. The quantitative estimate of drug-likeness (QED) is 0.630. The predicted molar refractivity (Wildman–Crippen MR) is 50.0 cm³/mol. The van der Waals surface area contributed by atoms with Crippen molar-refractivity contribution < 1.29 is 9.84 Å². The fourth-order valence-electron chi connectivity index (χ4n) is 0.700. The summed E-state index contributed by atoms with van der Waals surface area (Å²) in [6, 6.07) is 0. The first-order valence-corrected chi connectivity index (χ1v) is 4.56. The summed E-state index contributed by atoms with van der Waals surface area (Å²) >= 11 is 0. The molecule has 0 fully saturated rings. The Kier molecular flexibility index (Phi) is 5.46. The minimum absolute atomic E-state index is 0.276. The molecular formula is C9H21NO2. The highest BCUT2D eigenvalue weighted by molar-refractivity contribution is 4.72. The van der Waals surface area contributed by atoms with Gasteiger partial charge in [0.05, 0.1) is 11.7 Å². The van der Waals surface area contributed by atoms with Crippen molar-refractivity contribution in [2.24, 2.45) is 5.73 Å². The van der Waals surface area contributed by atoms with E-state index in [1.165, 1.54) is 0 Å². The molecule has 3 heteroatoms. The molecule has 0 aliphatic rings. The number of nitrogens with two attached hydrogens (primary N) is 1. The van der Waals surface area contributed by atoms with Crippen LogP contribution < -0.4 is 5.73 Å². The van der Waals surface area contributed by atoms with Crippen LogP contribution in [0.4, 0.5) is 0 Å². The van der Waals surface area contributed by atoms with Gasteiger partial charge in [-0.2, -0.15) is 0 Å². The third-order valence-corrected chi connectivity index (χ3v) is 2.06. The molecule has 0 rings (SSSR count). The first kappa shape index (κ1) is 11.9. The van der Waals surface area contributed by atoms with E-state index in [1.54, 1.807) is 6.92 Å². The van der Waals surface area contributed by atoms with Crippen molar-refractivity contribution >= 4 is 0 Å². The Balaban J connectivity index is 3.42. The summed E-state index contributed by atoms with van der Waals surface area (Å²) in [6.45, 7) is 6.70. The molecule has 3 nitrogen and oxygen atoms in total. The molecule has 0 spiro atoms. The van der Waals surface area contributed by atoms with E-state index in [2.05, 4.69) is 6.92 Å². The summed E-state index contributed by atoms with van der Waals surface area (Å²) in [7, 11) is 0.